The Morgan fingerprint density at radius 3 is 2.19 bits per heavy atom. The minimum atomic E-state index is -4.95. The van der Waals surface area contributed by atoms with Crippen LogP contribution in [0.4, 0.5) is 32.0 Å². The monoisotopic (exact) mass is 528 g/mol. The Balaban J connectivity index is 1.66. The second kappa shape index (κ2) is 11.9. The van der Waals surface area contributed by atoms with Gasteiger partial charge in [0, 0.05) is 23.6 Å². The molecule has 1 aliphatic carbocycles. The molecule has 0 spiro atoms. The molecule has 0 aliphatic heterocycles. The summed E-state index contributed by atoms with van der Waals surface area (Å²) >= 11 is 0. The average molecular weight is 528 g/mol. The fourth-order valence-electron chi connectivity index (χ4n) is 4.45. The highest BCUT2D eigenvalue weighted by atomic mass is 19.4. The Hall–Kier alpha value is -3.24. The number of ketones is 1. The Morgan fingerprint density at radius 1 is 0.919 bits per heavy atom. The number of benzene rings is 2. The van der Waals surface area contributed by atoms with E-state index in [2.05, 4.69) is 10.5 Å². The lowest BCUT2D eigenvalue weighted by atomic mass is 9.79. The van der Waals surface area contributed by atoms with Crippen LogP contribution in [-0.2, 0) is 30.0 Å². The van der Waals surface area contributed by atoms with Crippen LogP contribution < -0.4 is 5.32 Å². The molecule has 0 bridgehead atoms. The molecule has 11 heteroatoms. The Kier molecular flexibility index (Phi) is 9.09. The Labute approximate surface area is 209 Å². The normalized spacial score (nSPS) is 15.8. The molecule has 0 saturated carbocycles. The van der Waals surface area contributed by atoms with Crippen molar-refractivity contribution in [3.05, 3.63) is 69.1 Å². The number of carbonyl (C=O) groups excluding carboxylic acids is 2. The average Bonchev–Trinajstić information content (AvgIpc) is 2.82. The van der Waals surface area contributed by atoms with Crippen molar-refractivity contribution in [3.63, 3.8) is 0 Å². The van der Waals surface area contributed by atoms with Gasteiger partial charge >= 0.3 is 12.4 Å². The maximum atomic E-state index is 13.2. The van der Waals surface area contributed by atoms with Gasteiger partial charge in [0.25, 0.3) is 0 Å². The molecular weight excluding hydrogens is 502 g/mol. The largest absolute Gasteiger partial charge is 0.416 e. The molecule has 0 fully saturated rings. The third-order valence-corrected chi connectivity index (χ3v) is 6.32. The van der Waals surface area contributed by atoms with Gasteiger partial charge in [-0.25, -0.2) is 0 Å². The van der Waals surface area contributed by atoms with E-state index in [1.54, 1.807) is 12.1 Å². The van der Waals surface area contributed by atoms with Crippen molar-refractivity contribution in [2.24, 2.45) is 11.1 Å². The van der Waals surface area contributed by atoms with Gasteiger partial charge in [0.05, 0.1) is 17.7 Å². The lowest BCUT2D eigenvalue weighted by Crippen LogP contribution is -2.25. The number of hydrogen-bond donors (Lipinski definition) is 1. The predicted octanol–water partition coefficient (Wildman–Crippen LogP) is 7.37. The summed E-state index contributed by atoms with van der Waals surface area (Å²) in [5, 5.41) is 5.55. The van der Waals surface area contributed by atoms with E-state index in [0.717, 1.165) is 12.8 Å². The maximum Gasteiger partial charge on any atom is 0.416 e. The number of Topliss-reactive ketones (excluding diaryl/α,β-unsaturated/α-hetero) is 1. The van der Waals surface area contributed by atoms with Gasteiger partial charge in [-0.05, 0) is 79.6 Å². The highest BCUT2D eigenvalue weighted by molar-refractivity contribution is 6.01. The topological polar surface area (TPSA) is 75.6 Å². The molecule has 5 nitrogen and oxygen atoms in total. The second-order valence-electron chi connectivity index (χ2n) is 9.16. The van der Waals surface area contributed by atoms with Gasteiger partial charge in [0.15, 0.2) is 5.78 Å². The number of nitrogens with zero attached hydrogens (tertiary/aromatic N) is 1. The summed E-state index contributed by atoms with van der Waals surface area (Å²) in [5.41, 5.74) is -1.48. The third-order valence-electron chi connectivity index (χ3n) is 6.32. The molecule has 0 heterocycles. The molecule has 0 saturated heterocycles. The summed E-state index contributed by atoms with van der Waals surface area (Å²) in [7, 11) is 0. The first-order valence-electron chi connectivity index (χ1n) is 11.9. The SMILES string of the molecule is O=NCCCCCCC(=O)Nc1ccc2c(c1)CCC(Cc1cc(C(F)(F)F)cc(C(F)(F)F)c1)C2=O. The Morgan fingerprint density at radius 2 is 1.57 bits per heavy atom. The van der Waals surface area contributed by atoms with E-state index in [4.69, 9.17) is 0 Å². The van der Waals surface area contributed by atoms with Crippen molar-refractivity contribution in [1.29, 1.82) is 0 Å². The van der Waals surface area contributed by atoms with Gasteiger partial charge in [0.2, 0.25) is 5.91 Å². The summed E-state index contributed by atoms with van der Waals surface area (Å²) in [6.07, 6.45) is -6.26. The molecule has 200 valence electrons. The smallest absolute Gasteiger partial charge is 0.326 e. The van der Waals surface area contributed by atoms with Gasteiger partial charge in [-0.1, -0.05) is 18.0 Å². The maximum absolute atomic E-state index is 13.2. The number of halogens is 6. The minimum absolute atomic E-state index is 0.0720. The molecule has 0 aromatic heterocycles. The molecule has 1 unspecified atom stereocenters. The van der Waals surface area contributed by atoms with Crippen LogP contribution in [0.5, 0.6) is 0 Å². The first kappa shape index (κ1) is 28.3. The van der Waals surface area contributed by atoms with Gasteiger partial charge in [-0.15, -0.1) is 0 Å². The van der Waals surface area contributed by atoms with Crippen molar-refractivity contribution in [2.75, 3.05) is 11.9 Å². The number of carbonyl (C=O) groups is 2. The molecular formula is C26H26F6N2O3. The van der Waals surface area contributed by atoms with E-state index in [1.807, 2.05) is 0 Å². The number of unbranched alkanes of at least 4 members (excludes halogenated alkanes) is 3. The zero-order valence-corrected chi connectivity index (χ0v) is 19.8. The van der Waals surface area contributed by atoms with Crippen LogP contribution in [0.3, 0.4) is 0 Å². The summed E-state index contributed by atoms with van der Waals surface area (Å²) in [6, 6.07) is 6.15. The molecule has 2 aromatic carbocycles. The lowest BCUT2D eigenvalue weighted by Gasteiger charge is -2.24. The van der Waals surface area contributed by atoms with Crippen molar-refractivity contribution in [3.8, 4) is 0 Å². The van der Waals surface area contributed by atoms with Crippen molar-refractivity contribution in [2.45, 2.75) is 63.7 Å². The Bertz CT molecular complexity index is 1110. The fourth-order valence-corrected chi connectivity index (χ4v) is 4.45. The van der Waals surface area contributed by atoms with Crippen molar-refractivity contribution >= 4 is 17.4 Å². The number of anilines is 1. The van der Waals surface area contributed by atoms with Gasteiger partial charge in [0.1, 0.15) is 0 Å². The van der Waals surface area contributed by atoms with Gasteiger partial charge < -0.3 is 5.32 Å². The van der Waals surface area contributed by atoms with Crippen LogP contribution in [0.1, 0.15) is 71.1 Å². The summed E-state index contributed by atoms with van der Waals surface area (Å²) in [4.78, 5) is 35.2. The zero-order valence-electron chi connectivity index (χ0n) is 19.8. The predicted molar refractivity (Wildman–Crippen MR) is 125 cm³/mol. The minimum Gasteiger partial charge on any atom is -0.326 e. The van der Waals surface area contributed by atoms with Crippen molar-refractivity contribution < 1.29 is 35.9 Å². The van der Waals surface area contributed by atoms with E-state index < -0.39 is 29.4 Å². The first-order chi connectivity index (χ1) is 17.4. The highest BCUT2D eigenvalue weighted by Crippen LogP contribution is 2.38. The molecule has 3 rings (SSSR count). The van der Waals surface area contributed by atoms with Gasteiger partial charge in [-0.3, -0.25) is 9.59 Å². The van der Waals surface area contributed by atoms with E-state index in [1.165, 1.54) is 6.07 Å². The standard InChI is InChI=1S/C26H26F6N2O3/c27-25(28,29)19-12-16(13-20(15-19)26(30,31)32)11-18-7-6-17-14-21(8-9-22(17)24(18)36)34-23(35)5-3-1-2-4-10-33-37/h8-9,12-15,18H,1-7,10-11H2,(H,34,35). The van der Waals surface area contributed by atoms with Crippen LogP contribution in [0.15, 0.2) is 41.6 Å². The lowest BCUT2D eigenvalue weighted by molar-refractivity contribution is -0.143. The summed E-state index contributed by atoms with van der Waals surface area (Å²) in [5.74, 6) is -1.31. The number of fused-ring (bicyclic) bond motifs is 1. The number of rotatable bonds is 10. The zero-order chi connectivity index (χ0) is 27.2. The van der Waals surface area contributed by atoms with Crippen LogP contribution in [0.25, 0.3) is 0 Å². The van der Waals surface area contributed by atoms with Gasteiger partial charge in [-0.2, -0.15) is 31.2 Å². The van der Waals surface area contributed by atoms with Crippen LogP contribution in [0.2, 0.25) is 0 Å². The van der Waals surface area contributed by atoms with E-state index in [0.29, 0.717) is 54.6 Å². The van der Waals surface area contributed by atoms with Crippen LogP contribution >= 0.6 is 0 Å². The number of amides is 1. The summed E-state index contributed by atoms with van der Waals surface area (Å²) in [6.45, 7) is 0.259. The quantitative estimate of drug-likeness (QED) is 0.199. The summed E-state index contributed by atoms with van der Waals surface area (Å²) < 4.78 is 79.0. The first-order valence-corrected chi connectivity index (χ1v) is 11.9. The molecule has 1 aliphatic rings. The molecule has 0 radical (unpaired) electrons. The number of aryl methyl sites for hydroxylation is 1. The fraction of sp³-hybridized carbons (Fsp3) is 0.462. The van der Waals surface area contributed by atoms with Crippen LogP contribution in [-0.4, -0.2) is 18.2 Å². The highest BCUT2D eigenvalue weighted by Gasteiger charge is 2.37. The molecule has 1 atom stereocenters. The number of nitroso groups, excluding NO2 is 1. The molecule has 2 aromatic rings. The molecule has 37 heavy (non-hydrogen) atoms. The molecule has 1 amide bonds. The van der Waals surface area contributed by atoms with Crippen LogP contribution in [0, 0.1) is 10.8 Å². The van der Waals surface area contributed by atoms with E-state index >= 15 is 0 Å². The number of hydrogen-bond acceptors (Lipinski definition) is 4. The second-order valence-corrected chi connectivity index (χ2v) is 9.16. The van der Waals surface area contributed by atoms with Crippen molar-refractivity contribution in [1.82, 2.24) is 0 Å². The van der Waals surface area contributed by atoms with E-state index in [9.17, 15) is 40.8 Å². The third kappa shape index (κ3) is 7.87. The number of nitrogens with one attached hydrogen (secondary N) is 1. The van der Waals surface area contributed by atoms with E-state index in [-0.39, 0.29) is 42.7 Å². The number of alkyl halides is 6. The molecule has 1 N–H and O–H groups in total.